The van der Waals surface area contributed by atoms with Crippen molar-refractivity contribution in [3.8, 4) is 11.3 Å². The van der Waals surface area contributed by atoms with Crippen molar-refractivity contribution in [3.63, 3.8) is 0 Å². The quantitative estimate of drug-likeness (QED) is 0.587. The van der Waals surface area contributed by atoms with Crippen molar-refractivity contribution in [2.75, 3.05) is 29.0 Å². The first-order chi connectivity index (χ1) is 15.0. The van der Waals surface area contributed by atoms with Crippen molar-refractivity contribution in [1.82, 2.24) is 9.97 Å². The number of pyridine rings is 2. The number of carbonyl (C=O) groups excluding carboxylic acids is 1. The standard InChI is InChI=1S/C24H28N6O/c1-2-16-5-3-6-17(13-16)20-9-8-19(26)23(28-20)24(31)29-21-14-27-11-10-22(21)30-12-4-7-18(25)15-30/h3,5-6,8-11,13-14,18H,2,4,7,12,15,25-26H2,1H3,(H,29,31). The molecule has 1 unspecified atom stereocenters. The van der Waals surface area contributed by atoms with Crippen molar-refractivity contribution in [2.45, 2.75) is 32.2 Å². The number of carbonyl (C=O) groups is 1. The van der Waals surface area contributed by atoms with E-state index in [0.29, 0.717) is 17.1 Å². The Morgan fingerprint density at radius 3 is 2.94 bits per heavy atom. The van der Waals surface area contributed by atoms with Gasteiger partial charge in [0.2, 0.25) is 0 Å². The summed E-state index contributed by atoms with van der Waals surface area (Å²) in [6.45, 7) is 3.75. The molecular weight excluding hydrogens is 388 g/mol. The molecule has 2 aromatic heterocycles. The maximum absolute atomic E-state index is 13.1. The van der Waals surface area contributed by atoms with Gasteiger partial charge in [0.25, 0.3) is 5.91 Å². The number of amides is 1. The van der Waals surface area contributed by atoms with E-state index >= 15 is 0 Å². The third kappa shape index (κ3) is 4.67. The molecule has 31 heavy (non-hydrogen) atoms. The summed E-state index contributed by atoms with van der Waals surface area (Å²) in [7, 11) is 0. The number of benzene rings is 1. The minimum Gasteiger partial charge on any atom is -0.397 e. The smallest absolute Gasteiger partial charge is 0.276 e. The van der Waals surface area contributed by atoms with Crippen molar-refractivity contribution in [3.05, 3.63) is 66.1 Å². The molecule has 1 aromatic carbocycles. The van der Waals surface area contributed by atoms with Crippen molar-refractivity contribution < 1.29 is 4.79 Å². The first-order valence-electron chi connectivity index (χ1n) is 10.7. The fourth-order valence-electron chi connectivity index (χ4n) is 3.93. The summed E-state index contributed by atoms with van der Waals surface area (Å²) in [5.74, 6) is -0.360. The molecular formula is C24H28N6O. The van der Waals surface area contributed by atoms with E-state index in [2.05, 4.69) is 39.2 Å². The van der Waals surface area contributed by atoms with Crippen LogP contribution < -0.4 is 21.7 Å². The van der Waals surface area contributed by atoms with E-state index in [1.807, 2.05) is 24.3 Å². The van der Waals surface area contributed by atoms with Gasteiger partial charge in [0.15, 0.2) is 5.69 Å². The highest BCUT2D eigenvalue weighted by Gasteiger charge is 2.21. The Bertz CT molecular complexity index is 1080. The molecule has 160 valence electrons. The zero-order valence-corrected chi connectivity index (χ0v) is 17.7. The monoisotopic (exact) mass is 416 g/mol. The van der Waals surface area contributed by atoms with Crippen molar-refractivity contribution >= 4 is 23.0 Å². The number of nitrogens with zero attached hydrogens (tertiary/aromatic N) is 3. The van der Waals surface area contributed by atoms with Crippen molar-refractivity contribution in [1.29, 1.82) is 0 Å². The summed E-state index contributed by atoms with van der Waals surface area (Å²) >= 11 is 0. The van der Waals surface area contributed by atoms with Gasteiger partial charge in [-0.05, 0) is 49.1 Å². The van der Waals surface area contributed by atoms with Gasteiger partial charge in [0.05, 0.1) is 29.0 Å². The van der Waals surface area contributed by atoms with Gasteiger partial charge in [0, 0.05) is 30.9 Å². The lowest BCUT2D eigenvalue weighted by Crippen LogP contribution is -2.43. The molecule has 0 spiro atoms. The van der Waals surface area contributed by atoms with Crippen LogP contribution in [0.3, 0.4) is 0 Å². The van der Waals surface area contributed by atoms with Gasteiger partial charge in [-0.1, -0.05) is 25.1 Å². The van der Waals surface area contributed by atoms with Gasteiger partial charge >= 0.3 is 0 Å². The Labute approximate surface area is 182 Å². The molecule has 0 saturated carbocycles. The molecule has 1 aliphatic rings. The van der Waals surface area contributed by atoms with Crippen LogP contribution in [0.25, 0.3) is 11.3 Å². The van der Waals surface area contributed by atoms with Crippen LogP contribution >= 0.6 is 0 Å². The van der Waals surface area contributed by atoms with E-state index in [1.165, 1.54) is 5.56 Å². The predicted octanol–water partition coefficient (Wildman–Crippen LogP) is 3.47. The number of nitrogens with two attached hydrogens (primary N) is 2. The molecule has 4 rings (SSSR count). The molecule has 3 aromatic rings. The van der Waals surface area contributed by atoms with Gasteiger partial charge in [-0.15, -0.1) is 0 Å². The molecule has 1 amide bonds. The molecule has 7 nitrogen and oxygen atoms in total. The largest absolute Gasteiger partial charge is 0.397 e. The highest BCUT2D eigenvalue weighted by Crippen LogP contribution is 2.28. The number of anilines is 3. The Morgan fingerprint density at radius 2 is 2.13 bits per heavy atom. The summed E-state index contributed by atoms with van der Waals surface area (Å²) in [5.41, 5.74) is 17.2. The Kier molecular flexibility index (Phi) is 6.13. The van der Waals surface area contributed by atoms with Gasteiger partial charge in [-0.3, -0.25) is 9.78 Å². The van der Waals surface area contributed by atoms with Gasteiger partial charge in [-0.2, -0.15) is 0 Å². The zero-order valence-electron chi connectivity index (χ0n) is 17.7. The lowest BCUT2D eigenvalue weighted by atomic mass is 10.1. The summed E-state index contributed by atoms with van der Waals surface area (Å²) < 4.78 is 0. The third-order valence-electron chi connectivity index (χ3n) is 5.62. The topological polar surface area (TPSA) is 110 Å². The molecule has 7 heteroatoms. The molecule has 1 fully saturated rings. The average Bonchev–Trinajstić information content (AvgIpc) is 2.79. The maximum atomic E-state index is 13.1. The highest BCUT2D eigenvalue weighted by molar-refractivity contribution is 6.07. The molecule has 1 atom stereocenters. The fraction of sp³-hybridized carbons (Fsp3) is 0.292. The number of rotatable bonds is 5. The lowest BCUT2D eigenvalue weighted by Gasteiger charge is -2.33. The number of nitrogens with one attached hydrogen (secondary N) is 1. The van der Waals surface area contributed by atoms with Gasteiger partial charge in [-0.25, -0.2) is 4.98 Å². The van der Waals surface area contributed by atoms with E-state index in [-0.39, 0.29) is 17.6 Å². The predicted molar refractivity (Wildman–Crippen MR) is 125 cm³/mol. The van der Waals surface area contributed by atoms with E-state index in [0.717, 1.165) is 43.6 Å². The van der Waals surface area contributed by atoms with Crippen LogP contribution in [0, 0.1) is 0 Å². The maximum Gasteiger partial charge on any atom is 0.276 e. The third-order valence-corrected chi connectivity index (χ3v) is 5.62. The zero-order chi connectivity index (χ0) is 21.8. The summed E-state index contributed by atoms with van der Waals surface area (Å²) in [5, 5.41) is 2.95. The molecule has 1 aliphatic heterocycles. The van der Waals surface area contributed by atoms with Crippen LogP contribution in [0.2, 0.25) is 0 Å². The normalized spacial score (nSPS) is 16.2. The Hall–Kier alpha value is -3.45. The van der Waals surface area contributed by atoms with E-state index in [4.69, 9.17) is 11.5 Å². The van der Waals surface area contributed by atoms with Crippen molar-refractivity contribution in [2.24, 2.45) is 5.73 Å². The Morgan fingerprint density at radius 1 is 1.26 bits per heavy atom. The summed E-state index contributed by atoms with van der Waals surface area (Å²) in [6.07, 6.45) is 6.33. The Balaban J connectivity index is 1.61. The highest BCUT2D eigenvalue weighted by atomic mass is 16.1. The minimum atomic E-state index is -0.360. The second-order valence-corrected chi connectivity index (χ2v) is 7.88. The van der Waals surface area contributed by atoms with E-state index in [9.17, 15) is 4.79 Å². The van der Waals surface area contributed by atoms with Crippen LogP contribution in [0.5, 0.6) is 0 Å². The average molecular weight is 417 g/mol. The number of hydrogen-bond donors (Lipinski definition) is 3. The second kappa shape index (κ2) is 9.14. The molecule has 0 bridgehead atoms. The summed E-state index contributed by atoms with van der Waals surface area (Å²) in [6, 6.07) is 13.7. The van der Waals surface area contributed by atoms with Crippen LogP contribution in [-0.4, -0.2) is 35.0 Å². The first-order valence-corrected chi connectivity index (χ1v) is 10.7. The van der Waals surface area contributed by atoms with E-state index < -0.39 is 0 Å². The number of aromatic nitrogens is 2. The van der Waals surface area contributed by atoms with Crippen LogP contribution in [0.1, 0.15) is 35.8 Å². The van der Waals surface area contributed by atoms with Gasteiger partial charge in [0.1, 0.15) is 0 Å². The molecule has 5 N–H and O–H groups in total. The number of hydrogen-bond acceptors (Lipinski definition) is 6. The number of nitrogen functional groups attached to an aromatic ring is 1. The molecule has 3 heterocycles. The molecule has 0 aliphatic carbocycles. The summed E-state index contributed by atoms with van der Waals surface area (Å²) in [4.78, 5) is 24.1. The van der Waals surface area contributed by atoms with Crippen LogP contribution in [0.4, 0.5) is 17.1 Å². The van der Waals surface area contributed by atoms with Crippen LogP contribution in [-0.2, 0) is 6.42 Å². The SMILES string of the molecule is CCc1cccc(-c2ccc(N)c(C(=O)Nc3cnccc3N3CCCC(N)C3)n2)c1. The van der Waals surface area contributed by atoms with E-state index in [1.54, 1.807) is 18.5 Å². The molecule has 0 radical (unpaired) electrons. The fourth-order valence-corrected chi connectivity index (χ4v) is 3.93. The number of piperidine rings is 1. The second-order valence-electron chi connectivity index (χ2n) is 7.88. The minimum absolute atomic E-state index is 0.123. The van der Waals surface area contributed by atoms with Crippen LogP contribution in [0.15, 0.2) is 54.9 Å². The molecule has 1 saturated heterocycles. The number of aryl methyl sites for hydroxylation is 1. The first kappa shape index (κ1) is 20.8. The van der Waals surface area contributed by atoms with Gasteiger partial charge < -0.3 is 21.7 Å². The lowest BCUT2D eigenvalue weighted by molar-refractivity contribution is 0.102.